The van der Waals surface area contributed by atoms with E-state index < -0.39 is 0 Å². The van der Waals surface area contributed by atoms with Gasteiger partial charge in [-0.25, -0.2) is 4.98 Å². The Morgan fingerprint density at radius 3 is 2.91 bits per heavy atom. The first-order valence-electron chi connectivity index (χ1n) is 7.32. The van der Waals surface area contributed by atoms with Crippen LogP contribution < -0.4 is 15.4 Å². The number of hydrogen-bond donors (Lipinski definition) is 1. The van der Waals surface area contributed by atoms with Crippen molar-refractivity contribution in [2.75, 3.05) is 24.3 Å². The van der Waals surface area contributed by atoms with Crippen molar-refractivity contribution in [3.05, 3.63) is 42.2 Å². The molecule has 6 heteroatoms. The molecule has 3 heterocycles. The summed E-state index contributed by atoms with van der Waals surface area (Å²) in [7, 11) is 1.75. The molecular weight excluding hydrogens is 292 g/mol. The first-order chi connectivity index (χ1) is 11.0. The number of hydrogen-bond acceptors (Lipinski definition) is 4. The number of fused-ring (bicyclic) bond motifs is 2. The molecule has 0 unspecified atom stereocenters. The van der Waals surface area contributed by atoms with E-state index in [2.05, 4.69) is 4.98 Å². The molecule has 0 radical (unpaired) electrons. The summed E-state index contributed by atoms with van der Waals surface area (Å²) < 4.78 is 7.43. The van der Waals surface area contributed by atoms with Crippen LogP contribution in [0, 0.1) is 6.92 Å². The van der Waals surface area contributed by atoms with E-state index in [0.717, 1.165) is 34.0 Å². The van der Waals surface area contributed by atoms with Gasteiger partial charge in [0.05, 0.1) is 17.1 Å². The number of carbonyl (C=O) groups is 1. The van der Waals surface area contributed by atoms with E-state index in [0.29, 0.717) is 5.75 Å². The molecule has 4 rings (SSSR count). The van der Waals surface area contributed by atoms with Crippen molar-refractivity contribution in [3.8, 4) is 17.0 Å². The largest absolute Gasteiger partial charge is 0.482 e. The molecule has 3 aromatic rings. The van der Waals surface area contributed by atoms with Crippen molar-refractivity contribution in [1.82, 2.24) is 9.38 Å². The number of nitrogens with two attached hydrogens (primary N) is 1. The molecule has 6 nitrogen and oxygen atoms in total. The Hall–Kier alpha value is -3.02. The average molecular weight is 308 g/mol. The summed E-state index contributed by atoms with van der Waals surface area (Å²) in [6.07, 6.45) is 1.95. The second-order valence-corrected chi connectivity index (χ2v) is 5.65. The van der Waals surface area contributed by atoms with Crippen molar-refractivity contribution in [2.45, 2.75) is 6.92 Å². The zero-order valence-corrected chi connectivity index (χ0v) is 12.9. The van der Waals surface area contributed by atoms with E-state index in [-0.39, 0.29) is 12.5 Å². The SMILES string of the molecule is Cc1c(N)ccc2nc(-c3ccc4c(c3)N(C)C(=O)CO4)cn12. The summed E-state index contributed by atoms with van der Waals surface area (Å²) in [6.45, 7) is 2.04. The van der Waals surface area contributed by atoms with Crippen molar-refractivity contribution in [1.29, 1.82) is 0 Å². The average Bonchev–Trinajstić information content (AvgIpc) is 2.99. The van der Waals surface area contributed by atoms with Crippen LogP contribution in [0.2, 0.25) is 0 Å². The molecule has 2 N–H and O–H groups in total. The summed E-state index contributed by atoms with van der Waals surface area (Å²) in [5, 5.41) is 0. The number of amides is 1. The summed E-state index contributed by atoms with van der Waals surface area (Å²) in [5.41, 5.74) is 11.0. The number of aryl methyl sites for hydroxylation is 1. The maximum atomic E-state index is 11.8. The fourth-order valence-electron chi connectivity index (χ4n) is 2.78. The Labute approximate surface area is 133 Å². The number of nitrogens with zero attached hydrogens (tertiary/aromatic N) is 3. The van der Waals surface area contributed by atoms with Gasteiger partial charge >= 0.3 is 0 Å². The van der Waals surface area contributed by atoms with Crippen LogP contribution in [0.5, 0.6) is 5.75 Å². The lowest BCUT2D eigenvalue weighted by Crippen LogP contribution is -2.35. The normalized spacial score (nSPS) is 14.0. The number of likely N-dealkylation sites (N-methyl/N-ethyl adjacent to an activating group) is 1. The molecule has 116 valence electrons. The molecule has 0 bridgehead atoms. The second-order valence-electron chi connectivity index (χ2n) is 5.65. The van der Waals surface area contributed by atoms with Crippen molar-refractivity contribution in [2.24, 2.45) is 0 Å². The summed E-state index contributed by atoms with van der Waals surface area (Å²) >= 11 is 0. The molecule has 0 atom stereocenters. The lowest BCUT2D eigenvalue weighted by Gasteiger charge is -2.26. The predicted octanol–water partition coefficient (Wildman–Crippen LogP) is 2.25. The maximum Gasteiger partial charge on any atom is 0.264 e. The molecule has 0 spiro atoms. The highest BCUT2D eigenvalue weighted by Gasteiger charge is 2.22. The Bertz CT molecular complexity index is 945. The van der Waals surface area contributed by atoms with Gasteiger partial charge in [0.25, 0.3) is 5.91 Å². The lowest BCUT2D eigenvalue weighted by atomic mass is 10.1. The molecule has 1 aliphatic heterocycles. The van der Waals surface area contributed by atoms with E-state index in [9.17, 15) is 4.79 Å². The predicted molar refractivity (Wildman–Crippen MR) is 88.7 cm³/mol. The third-order valence-electron chi connectivity index (χ3n) is 4.27. The van der Waals surface area contributed by atoms with Gasteiger partial charge in [0.15, 0.2) is 6.61 Å². The fraction of sp³-hybridized carbons (Fsp3) is 0.176. The van der Waals surface area contributed by atoms with Gasteiger partial charge in [0.2, 0.25) is 0 Å². The van der Waals surface area contributed by atoms with Gasteiger partial charge in [0, 0.05) is 24.5 Å². The van der Waals surface area contributed by atoms with Crippen LogP contribution in [0.15, 0.2) is 36.5 Å². The second kappa shape index (κ2) is 4.74. The van der Waals surface area contributed by atoms with Gasteiger partial charge in [-0.05, 0) is 37.3 Å². The van der Waals surface area contributed by atoms with Crippen LogP contribution in [0.3, 0.4) is 0 Å². The number of rotatable bonds is 1. The van der Waals surface area contributed by atoms with E-state index in [1.54, 1.807) is 11.9 Å². The van der Waals surface area contributed by atoms with E-state index in [1.807, 2.05) is 47.9 Å². The summed E-state index contributed by atoms with van der Waals surface area (Å²) in [4.78, 5) is 18.0. The van der Waals surface area contributed by atoms with Gasteiger partial charge in [-0.1, -0.05) is 0 Å². The van der Waals surface area contributed by atoms with E-state index >= 15 is 0 Å². The number of ether oxygens (including phenoxy) is 1. The van der Waals surface area contributed by atoms with Crippen LogP contribution in [0.4, 0.5) is 11.4 Å². The summed E-state index contributed by atoms with van der Waals surface area (Å²) in [6, 6.07) is 9.49. The number of nitrogen functional groups attached to an aromatic ring is 1. The number of aromatic nitrogens is 2. The number of carbonyl (C=O) groups excluding carboxylic acids is 1. The molecule has 1 aromatic carbocycles. The van der Waals surface area contributed by atoms with Crippen molar-refractivity contribution >= 4 is 22.9 Å². The van der Waals surface area contributed by atoms with Gasteiger partial charge in [-0.3, -0.25) is 4.79 Å². The van der Waals surface area contributed by atoms with Gasteiger partial charge in [-0.15, -0.1) is 0 Å². The molecule has 1 amide bonds. The number of benzene rings is 1. The smallest absolute Gasteiger partial charge is 0.264 e. The van der Waals surface area contributed by atoms with Crippen LogP contribution >= 0.6 is 0 Å². The number of imidazole rings is 1. The molecule has 2 aromatic heterocycles. The first kappa shape index (κ1) is 13.6. The Balaban J connectivity index is 1.85. The van der Waals surface area contributed by atoms with Crippen LogP contribution in [0.25, 0.3) is 16.9 Å². The van der Waals surface area contributed by atoms with Crippen LogP contribution in [-0.2, 0) is 4.79 Å². The molecule has 23 heavy (non-hydrogen) atoms. The Morgan fingerprint density at radius 1 is 1.26 bits per heavy atom. The molecule has 0 aliphatic carbocycles. The quantitative estimate of drug-likeness (QED) is 0.748. The van der Waals surface area contributed by atoms with Crippen molar-refractivity contribution in [3.63, 3.8) is 0 Å². The highest BCUT2D eigenvalue weighted by Crippen LogP contribution is 2.35. The molecule has 0 saturated heterocycles. The minimum Gasteiger partial charge on any atom is -0.482 e. The zero-order valence-electron chi connectivity index (χ0n) is 12.9. The fourth-order valence-corrected chi connectivity index (χ4v) is 2.78. The van der Waals surface area contributed by atoms with E-state index in [4.69, 9.17) is 10.5 Å². The van der Waals surface area contributed by atoms with Gasteiger partial charge in [0.1, 0.15) is 11.4 Å². The molecular formula is C17H16N4O2. The molecule has 0 saturated carbocycles. The van der Waals surface area contributed by atoms with Gasteiger partial charge in [-0.2, -0.15) is 0 Å². The number of anilines is 2. The van der Waals surface area contributed by atoms with E-state index in [1.165, 1.54) is 0 Å². The molecule has 0 fully saturated rings. The summed E-state index contributed by atoms with van der Waals surface area (Å²) in [5.74, 6) is 0.647. The number of pyridine rings is 1. The third kappa shape index (κ3) is 2.03. The topological polar surface area (TPSA) is 72.9 Å². The molecule has 1 aliphatic rings. The van der Waals surface area contributed by atoms with Crippen molar-refractivity contribution < 1.29 is 9.53 Å². The van der Waals surface area contributed by atoms with Gasteiger partial charge < -0.3 is 19.8 Å². The first-order valence-corrected chi connectivity index (χ1v) is 7.32. The van der Waals surface area contributed by atoms with Crippen LogP contribution in [0.1, 0.15) is 5.69 Å². The third-order valence-corrected chi connectivity index (χ3v) is 4.27. The Kier molecular flexibility index (Phi) is 2.81. The monoisotopic (exact) mass is 308 g/mol. The van der Waals surface area contributed by atoms with Crippen LogP contribution in [-0.4, -0.2) is 28.9 Å². The minimum absolute atomic E-state index is 0.0618. The highest BCUT2D eigenvalue weighted by atomic mass is 16.5. The lowest BCUT2D eigenvalue weighted by molar-refractivity contribution is -0.120. The standard InChI is InChI=1S/C17H16N4O2/c1-10-12(18)4-6-16-19-13(8-21(10)16)11-3-5-15-14(7-11)20(2)17(22)9-23-15/h3-8H,9,18H2,1-2H3. The zero-order chi connectivity index (χ0) is 16.1. The highest BCUT2D eigenvalue weighted by molar-refractivity contribution is 5.98. The maximum absolute atomic E-state index is 11.8. The Morgan fingerprint density at radius 2 is 2.09 bits per heavy atom. The minimum atomic E-state index is -0.0618.